The summed E-state index contributed by atoms with van der Waals surface area (Å²) in [5.74, 6) is 0. The Kier molecular flexibility index (Phi) is 8.52. The Balaban J connectivity index is 3.85. The first-order chi connectivity index (χ1) is 7.83. The van der Waals surface area contributed by atoms with Crippen molar-refractivity contribution in [2.45, 2.75) is 38.7 Å². The average molecular weight is 279 g/mol. The second kappa shape index (κ2) is 8.39. The fourth-order valence-corrected chi connectivity index (χ4v) is 5.60. The van der Waals surface area contributed by atoms with Crippen LogP contribution in [-0.2, 0) is 8.85 Å². The van der Waals surface area contributed by atoms with Crippen LogP contribution in [0.2, 0.25) is 32.2 Å². The predicted molar refractivity (Wildman–Crippen MR) is 79.3 cm³/mol. The van der Waals surface area contributed by atoms with Crippen molar-refractivity contribution in [3.05, 3.63) is 0 Å². The molecule has 6 heteroatoms. The van der Waals surface area contributed by atoms with E-state index >= 15 is 0 Å². The Morgan fingerprint density at radius 2 is 1.76 bits per heavy atom. The maximum absolute atomic E-state index is 6.08. The van der Waals surface area contributed by atoms with Crippen molar-refractivity contribution < 1.29 is 8.85 Å². The molecule has 3 N–H and O–H groups in total. The first kappa shape index (κ1) is 17.3. The van der Waals surface area contributed by atoms with Crippen molar-refractivity contribution in [1.29, 1.82) is 0 Å². The van der Waals surface area contributed by atoms with E-state index in [0.717, 1.165) is 31.8 Å². The molecule has 0 radical (unpaired) electrons. The van der Waals surface area contributed by atoms with Gasteiger partial charge in [-0.05, 0) is 25.6 Å². The van der Waals surface area contributed by atoms with Gasteiger partial charge in [-0.25, -0.2) is 0 Å². The van der Waals surface area contributed by atoms with Gasteiger partial charge in [0, 0.05) is 26.4 Å². The molecule has 104 valence electrons. The van der Waals surface area contributed by atoms with Crippen LogP contribution >= 0.6 is 0 Å². The summed E-state index contributed by atoms with van der Waals surface area (Å²) < 4.78 is 11.7. The average Bonchev–Trinajstić information content (AvgIpc) is 2.25. The van der Waals surface area contributed by atoms with Gasteiger partial charge in [0.2, 0.25) is 0 Å². The Bertz CT molecular complexity index is 200. The van der Waals surface area contributed by atoms with Gasteiger partial charge >= 0.3 is 8.56 Å². The molecule has 0 spiro atoms. The van der Waals surface area contributed by atoms with Crippen molar-refractivity contribution in [1.82, 2.24) is 5.32 Å². The molecule has 0 aliphatic carbocycles. The van der Waals surface area contributed by atoms with Gasteiger partial charge in [0.15, 0.2) is 0 Å². The Morgan fingerprint density at radius 1 is 1.12 bits per heavy atom. The summed E-state index contributed by atoms with van der Waals surface area (Å²) in [5.41, 5.74) is 5.42. The van der Waals surface area contributed by atoms with E-state index in [4.69, 9.17) is 14.6 Å². The second-order valence-electron chi connectivity index (χ2n) is 5.83. The van der Waals surface area contributed by atoms with Gasteiger partial charge in [-0.2, -0.15) is 0 Å². The standard InChI is InChI=1S/C11H30N2O2Si2/c1-14-17(5,15-11-16(2,3)4)10-6-8-13-9-7-12/h13H,6-12H2,1-5H3. The van der Waals surface area contributed by atoms with E-state index in [1.165, 1.54) is 0 Å². The zero-order chi connectivity index (χ0) is 13.4. The highest BCUT2D eigenvalue weighted by molar-refractivity contribution is 6.77. The van der Waals surface area contributed by atoms with Crippen molar-refractivity contribution >= 4 is 16.6 Å². The number of hydrogen-bond donors (Lipinski definition) is 2. The van der Waals surface area contributed by atoms with Crippen molar-refractivity contribution in [3.8, 4) is 0 Å². The van der Waals surface area contributed by atoms with Gasteiger partial charge < -0.3 is 19.9 Å². The van der Waals surface area contributed by atoms with Crippen LogP contribution in [0.15, 0.2) is 0 Å². The fourth-order valence-electron chi connectivity index (χ4n) is 1.36. The molecule has 0 bridgehead atoms. The van der Waals surface area contributed by atoms with E-state index in [9.17, 15) is 0 Å². The number of rotatable bonds is 10. The van der Waals surface area contributed by atoms with Crippen LogP contribution in [0.1, 0.15) is 6.42 Å². The fraction of sp³-hybridized carbons (Fsp3) is 1.00. The van der Waals surface area contributed by atoms with E-state index < -0.39 is 16.6 Å². The van der Waals surface area contributed by atoms with Gasteiger partial charge in [0.25, 0.3) is 0 Å². The molecule has 1 atom stereocenters. The smallest absolute Gasteiger partial charge is 0.334 e. The molecule has 0 rings (SSSR count). The summed E-state index contributed by atoms with van der Waals surface area (Å²) in [6.45, 7) is 11.7. The van der Waals surface area contributed by atoms with Gasteiger partial charge in [0.1, 0.15) is 0 Å². The SMILES string of the molecule is CO[Si](C)(CCCNCCN)OC[Si](C)(C)C. The molecule has 1 unspecified atom stereocenters. The number of nitrogens with one attached hydrogen (secondary N) is 1. The number of nitrogens with two attached hydrogens (primary N) is 1. The largest absolute Gasteiger partial charge is 0.398 e. The first-order valence-corrected chi connectivity index (χ1v) is 12.7. The van der Waals surface area contributed by atoms with Crippen LogP contribution in [0, 0.1) is 0 Å². The molecule has 0 aromatic carbocycles. The Labute approximate surface area is 109 Å². The van der Waals surface area contributed by atoms with E-state index in [0.29, 0.717) is 6.54 Å². The van der Waals surface area contributed by atoms with Gasteiger partial charge in [-0.15, -0.1) is 0 Å². The van der Waals surface area contributed by atoms with Crippen LogP contribution in [0.25, 0.3) is 0 Å². The molecule has 0 aliphatic rings. The molecule has 0 aliphatic heterocycles. The van der Waals surface area contributed by atoms with Crippen LogP contribution in [-0.4, -0.2) is 49.6 Å². The Hall–Kier alpha value is 0.274. The third-order valence-corrected chi connectivity index (χ3v) is 6.73. The topological polar surface area (TPSA) is 56.5 Å². The summed E-state index contributed by atoms with van der Waals surface area (Å²) in [5, 5.41) is 3.30. The van der Waals surface area contributed by atoms with E-state index in [1.807, 2.05) is 0 Å². The van der Waals surface area contributed by atoms with Crippen LogP contribution in [0.5, 0.6) is 0 Å². The lowest BCUT2D eigenvalue weighted by Gasteiger charge is -2.28. The van der Waals surface area contributed by atoms with E-state index in [-0.39, 0.29) is 0 Å². The van der Waals surface area contributed by atoms with E-state index in [2.05, 4.69) is 31.5 Å². The summed E-state index contributed by atoms with van der Waals surface area (Å²) >= 11 is 0. The second-order valence-corrected chi connectivity index (χ2v) is 14.7. The minimum absolute atomic E-state index is 0.700. The monoisotopic (exact) mass is 278 g/mol. The van der Waals surface area contributed by atoms with Crippen molar-refractivity contribution in [2.75, 3.05) is 33.0 Å². The maximum atomic E-state index is 6.08. The molecule has 0 saturated carbocycles. The molecule has 17 heavy (non-hydrogen) atoms. The maximum Gasteiger partial charge on any atom is 0.334 e. The zero-order valence-electron chi connectivity index (χ0n) is 12.1. The van der Waals surface area contributed by atoms with E-state index in [1.54, 1.807) is 7.11 Å². The predicted octanol–water partition coefficient (Wildman–Crippen LogP) is 1.54. The molecule has 0 aromatic heterocycles. The third-order valence-electron chi connectivity index (χ3n) is 2.55. The highest BCUT2D eigenvalue weighted by Gasteiger charge is 2.31. The third kappa shape index (κ3) is 9.93. The normalized spacial score (nSPS) is 15.9. The lowest BCUT2D eigenvalue weighted by molar-refractivity contribution is 0.232. The molecular formula is C11H30N2O2Si2. The van der Waals surface area contributed by atoms with Gasteiger partial charge in [-0.1, -0.05) is 19.6 Å². The van der Waals surface area contributed by atoms with Gasteiger partial charge in [0.05, 0.1) is 8.07 Å². The summed E-state index contributed by atoms with van der Waals surface area (Å²) in [4.78, 5) is 0. The lowest BCUT2D eigenvalue weighted by atomic mass is 10.5. The minimum atomic E-state index is -1.93. The molecular weight excluding hydrogens is 248 g/mol. The molecule has 0 saturated heterocycles. The Morgan fingerprint density at radius 3 is 2.24 bits per heavy atom. The van der Waals surface area contributed by atoms with Crippen molar-refractivity contribution in [3.63, 3.8) is 0 Å². The van der Waals surface area contributed by atoms with Crippen LogP contribution in [0.3, 0.4) is 0 Å². The van der Waals surface area contributed by atoms with Crippen LogP contribution < -0.4 is 11.1 Å². The first-order valence-electron chi connectivity index (χ1n) is 6.43. The minimum Gasteiger partial charge on any atom is -0.398 e. The summed E-state index contributed by atoms with van der Waals surface area (Å²) in [6, 6.07) is 1.05. The van der Waals surface area contributed by atoms with Gasteiger partial charge in [-0.3, -0.25) is 0 Å². The summed E-state index contributed by atoms with van der Waals surface area (Å²) in [7, 11) is -1.29. The molecule has 4 nitrogen and oxygen atoms in total. The molecule has 0 heterocycles. The van der Waals surface area contributed by atoms with Crippen LogP contribution in [0.4, 0.5) is 0 Å². The molecule has 0 fully saturated rings. The molecule has 0 aromatic rings. The number of hydrogen-bond acceptors (Lipinski definition) is 4. The highest BCUT2D eigenvalue weighted by Crippen LogP contribution is 2.16. The lowest BCUT2D eigenvalue weighted by Crippen LogP contribution is -2.43. The van der Waals surface area contributed by atoms with Crippen molar-refractivity contribution in [2.24, 2.45) is 5.73 Å². The highest BCUT2D eigenvalue weighted by atomic mass is 28.4. The summed E-state index contributed by atoms with van der Waals surface area (Å²) in [6.07, 6.45) is 2.00. The molecule has 0 amide bonds. The zero-order valence-corrected chi connectivity index (χ0v) is 14.1. The quantitative estimate of drug-likeness (QED) is 0.470.